The maximum absolute atomic E-state index is 11.9. The number of carbonyl (C=O) groups is 1. The summed E-state index contributed by atoms with van der Waals surface area (Å²) in [5.41, 5.74) is 5.30. The molecular weight excluding hydrogens is 244 g/mol. The minimum Gasteiger partial charge on any atom is -0.478 e. The van der Waals surface area contributed by atoms with Crippen LogP contribution in [0.25, 0.3) is 0 Å². The van der Waals surface area contributed by atoms with Crippen molar-refractivity contribution in [2.45, 2.75) is 24.8 Å². The molecule has 0 saturated heterocycles. The van der Waals surface area contributed by atoms with E-state index in [2.05, 4.69) is 4.72 Å². The second-order valence-electron chi connectivity index (χ2n) is 3.84. The number of rotatable bonds is 4. The molecular formula is C10H14N2O4S. The molecule has 0 aliphatic carbocycles. The number of carboxylic acids is 1. The molecule has 0 saturated carbocycles. The lowest BCUT2D eigenvalue weighted by Gasteiger charge is -2.11. The van der Waals surface area contributed by atoms with Crippen LogP contribution in [0.2, 0.25) is 0 Å². The second kappa shape index (κ2) is 4.72. The van der Waals surface area contributed by atoms with Gasteiger partial charge in [-0.25, -0.2) is 17.9 Å². The van der Waals surface area contributed by atoms with Gasteiger partial charge in [0.05, 0.1) is 10.5 Å². The van der Waals surface area contributed by atoms with E-state index >= 15 is 0 Å². The third-order valence-electron chi connectivity index (χ3n) is 1.91. The summed E-state index contributed by atoms with van der Waals surface area (Å²) in [5, 5.41) is 8.94. The Labute approximate surface area is 99.5 Å². The van der Waals surface area contributed by atoms with E-state index < -0.39 is 16.0 Å². The van der Waals surface area contributed by atoms with E-state index in [1.807, 2.05) is 0 Å². The summed E-state index contributed by atoms with van der Waals surface area (Å²) >= 11 is 0. The van der Waals surface area contributed by atoms with Crippen LogP contribution in [-0.4, -0.2) is 25.5 Å². The molecule has 6 nitrogen and oxygen atoms in total. The normalized spacial score (nSPS) is 11.7. The van der Waals surface area contributed by atoms with Gasteiger partial charge in [0.1, 0.15) is 0 Å². The van der Waals surface area contributed by atoms with E-state index in [1.54, 1.807) is 13.8 Å². The first-order valence-electron chi connectivity index (χ1n) is 4.89. The maximum Gasteiger partial charge on any atom is 0.337 e. The molecule has 1 rings (SSSR count). The maximum atomic E-state index is 11.9. The molecule has 1 aromatic carbocycles. The number of aromatic carboxylic acids is 1. The van der Waals surface area contributed by atoms with E-state index in [9.17, 15) is 13.2 Å². The Morgan fingerprint density at radius 1 is 1.41 bits per heavy atom. The number of sulfonamides is 1. The Kier molecular flexibility index (Phi) is 3.74. The molecule has 0 aromatic heterocycles. The summed E-state index contributed by atoms with van der Waals surface area (Å²) in [7, 11) is -3.84. The summed E-state index contributed by atoms with van der Waals surface area (Å²) in [5.74, 6) is -1.33. The minimum atomic E-state index is -3.84. The molecule has 1 aromatic rings. The van der Waals surface area contributed by atoms with Gasteiger partial charge in [0, 0.05) is 11.7 Å². The molecule has 0 aliphatic rings. The van der Waals surface area contributed by atoms with Crippen LogP contribution in [-0.2, 0) is 10.0 Å². The molecule has 0 heterocycles. The van der Waals surface area contributed by atoms with Gasteiger partial charge in [0.25, 0.3) is 0 Å². The average molecular weight is 258 g/mol. The van der Waals surface area contributed by atoms with Crippen LogP contribution < -0.4 is 10.5 Å². The lowest BCUT2D eigenvalue weighted by Crippen LogP contribution is -2.31. The first-order chi connectivity index (χ1) is 7.74. The SMILES string of the molecule is CC(C)NS(=O)(=O)c1ccc(N)cc1C(=O)O. The predicted molar refractivity (Wildman–Crippen MR) is 63.3 cm³/mol. The van der Waals surface area contributed by atoms with Gasteiger partial charge in [-0.2, -0.15) is 0 Å². The Balaban J connectivity index is 3.36. The van der Waals surface area contributed by atoms with E-state index in [0.29, 0.717) is 0 Å². The smallest absolute Gasteiger partial charge is 0.337 e. The fourth-order valence-electron chi connectivity index (χ4n) is 1.32. The van der Waals surface area contributed by atoms with Gasteiger partial charge < -0.3 is 10.8 Å². The van der Waals surface area contributed by atoms with E-state index in [4.69, 9.17) is 10.8 Å². The van der Waals surface area contributed by atoms with Crippen molar-refractivity contribution in [3.63, 3.8) is 0 Å². The number of nitrogens with two attached hydrogens (primary N) is 1. The van der Waals surface area contributed by atoms with Gasteiger partial charge in [-0.1, -0.05) is 0 Å². The van der Waals surface area contributed by atoms with Gasteiger partial charge >= 0.3 is 5.97 Å². The van der Waals surface area contributed by atoms with Crippen molar-refractivity contribution in [2.75, 3.05) is 5.73 Å². The fourth-order valence-corrected chi connectivity index (χ4v) is 2.75. The molecule has 4 N–H and O–H groups in total. The fraction of sp³-hybridized carbons (Fsp3) is 0.300. The Bertz CT molecular complexity index is 537. The molecule has 0 aliphatic heterocycles. The van der Waals surface area contributed by atoms with E-state index in [-0.39, 0.29) is 22.2 Å². The van der Waals surface area contributed by atoms with Crippen molar-refractivity contribution in [1.82, 2.24) is 4.72 Å². The Morgan fingerprint density at radius 3 is 2.47 bits per heavy atom. The van der Waals surface area contributed by atoms with Crippen LogP contribution in [0.5, 0.6) is 0 Å². The largest absolute Gasteiger partial charge is 0.478 e. The van der Waals surface area contributed by atoms with Crippen molar-refractivity contribution in [1.29, 1.82) is 0 Å². The van der Waals surface area contributed by atoms with Crippen LogP contribution in [0.3, 0.4) is 0 Å². The number of benzene rings is 1. The molecule has 0 bridgehead atoms. The zero-order valence-corrected chi connectivity index (χ0v) is 10.3. The minimum absolute atomic E-state index is 0.200. The van der Waals surface area contributed by atoms with Gasteiger partial charge in [0.15, 0.2) is 0 Å². The van der Waals surface area contributed by atoms with Crippen molar-refractivity contribution >= 4 is 21.7 Å². The molecule has 0 unspecified atom stereocenters. The molecule has 0 amide bonds. The van der Waals surface area contributed by atoms with Crippen LogP contribution in [0.1, 0.15) is 24.2 Å². The van der Waals surface area contributed by atoms with Crippen molar-refractivity contribution in [3.05, 3.63) is 23.8 Å². The first kappa shape index (κ1) is 13.5. The molecule has 94 valence electrons. The average Bonchev–Trinajstić information content (AvgIpc) is 2.14. The zero-order chi connectivity index (χ0) is 13.2. The number of carboxylic acid groups (broad SMARTS) is 1. The highest BCUT2D eigenvalue weighted by molar-refractivity contribution is 7.89. The van der Waals surface area contributed by atoms with E-state index in [1.165, 1.54) is 12.1 Å². The Hall–Kier alpha value is -1.60. The standard InChI is InChI=1S/C10H14N2O4S/c1-6(2)12-17(15,16)9-4-3-7(11)5-8(9)10(13)14/h3-6,12H,11H2,1-2H3,(H,13,14). The van der Waals surface area contributed by atoms with Crippen molar-refractivity contribution < 1.29 is 18.3 Å². The summed E-state index contributed by atoms with van der Waals surface area (Å²) < 4.78 is 26.0. The van der Waals surface area contributed by atoms with Gasteiger partial charge in [-0.05, 0) is 32.0 Å². The second-order valence-corrected chi connectivity index (χ2v) is 5.52. The van der Waals surface area contributed by atoms with Crippen molar-refractivity contribution in [2.24, 2.45) is 0 Å². The molecule has 0 spiro atoms. The summed E-state index contributed by atoms with van der Waals surface area (Å²) in [6, 6.07) is 3.33. The van der Waals surface area contributed by atoms with Crippen LogP contribution in [0.15, 0.2) is 23.1 Å². The quantitative estimate of drug-likeness (QED) is 0.687. The number of nitrogen functional groups attached to an aromatic ring is 1. The molecule has 0 atom stereocenters. The lowest BCUT2D eigenvalue weighted by molar-refractivity contribution is 0.0692. The lowest BCUT2D eigenvalue weighted by atomic mass is 10.2. The van der Waals surface area contributed by atoms with Gasteiger partial charge in [-0.15, -0.1) is 0 Å². The highest BCUT2D eigenvalue weighted by Crippen LogP contribution is 2.19. The molecule has 17 heavy (non-hydrogen) atoms. The van der Waals surface area contributed by atoms with Gasteiger partial charge in [0.2, 0.25) is 10.0 Å². The molecule has 0 radical (unpaired) electrons. The van der Waals surface area contributed by atoms with Gasteiger partial charge in [-0.3, -0.25) is 0 Å². The third kappa shape index (κ3) is 3.18. The highest BCUT2D eigenvalue weighted by atomic mass is 32.2. The number of nitrogens with one attached hydrogen (secondary N) is 1. The Morgan fingerprint density at radius 2 is 2.00 bits per heavy atom. The summed E-state index contributed by atoms with van der Waals surface area (Å²) in [6.07, 6.45) is 0. The van der Waals surface area contributed by atoms with E-state index in [0.717, 1.165) is 6.07 Å². The highest BCUT2D eigenvalue weighted by Gasteiger charge is 2.22. The van der Waals surface area contributed by atoms with Crippen LogP contribution in [0, 0.1) is 0 Å². The molecule has 7 heteroatoms. The monoisotopic (exact) mass is 258 g/mol. The number of hydrogen-bond donors (Lipinski definition) is 3. The number of hydrogen-bond acceptors (Lipinski definition) is 4. The summed E-state index contributed by atoms with van der Waals surface area (Å²) in [4.78, 5) is 10.7. The first-order valence-corrected chi connectivity index (χ1v) is 6.37. The molecule has 0 fully saturated rings. The third-order valence-corrected chi connectivity index (χ3v) is 3.63. The van der Waals surface area contributed by atoms with Crippen LogP contribution in [0.4, 0.5) is 5.69 Å². The number of anilines is 1. The van der Waals surface area contributed by atoms with Crippen LogP contribution >= 0.6 is 0 Å². The predicted octanol–water partition coefficient (Wildman–Crippen LogP) is 0.654. The van der Waals surface area contributed by atoms with Crippen molar-refractivity contribution in [3.8, 4) is 0 Å². The zero-order valence-electron chi connectivity index (χ0n) is 9.47. The summed E-state index contributed by atoms with van der Waals surface area (Å²) in [6.45, 7) is 3.30. The topological polar surface area (TPSA) is 109 Å².